The Balaban J connectivity index is 0.944. The standard InChI is InChI=1S/C71H49N/c1-5-19-50(20-6-1)51-35-37-52(38-36-51)53-39-44-60(45-40-53)72(69-34-16-14-30-65(69)66-32-18-24-56-23-17-31-62(70(56)66)55-21-7-2-8-22-55)61-46-41-54(42-47-61)57-43-48-64-63-29-13-15-33-67(63)71(68(64)49-57,58-25-9-3-10-26-58)59-27-11-4-12-28-59/h1-49H. The highest BCUT2D eigenvalue weighted by molar-refractivity contribution is 6.09. The van der Waals surface area contributed by atoms with Crippen LogP contribution in [0.3, 0.4) is 0 Å². The highest BCUT2D eigenvalue weighted by atomic mass is 15.1. The third-order valence-corrected chi connectivity index (χ3v) is 14.8. The predicted molar refractivity (Wildman–Crippen MR) is 303 cm³/mol. The van der Waals surface area contributed by atoms with Crippen molar-refractivity contribution in [3.05, 3.63) is 320 Å². The Labute approximate surface area is 422 Å². The average Bonchev–Trinajstić information content (AvgIpc) is 3.77. The molecule has 0 aromatic heterocycles. The Morgan fingerprint density at radius 1 is 0.236 bits per heavy atom. The normalized spacial score (nSPS) is 12.3. The fourth-order valence-corrected chi connectivity index (χ4v) is 11.5. The quantitative estimate of drug-likeness (QED) is 0.132. The molecule has 0 spiro atoms. The smallest absolute Gasteiger partial charge is 0.0713 e. The number of benzene rings is 12. The topological polar surface area (TPSA) is 3.24 Å². The molecule has 0 N–H and O–H groups in total. The molecule has 0 heterocycles. The van der Waals surface area contributed by atoms with Gasteiger partial charge in [-0.2, -0.15) is 0 Å². The van der Waals surface area contributed by atoms with E-state index < -0.39 is 5.41 Å². The molecule has 0 aliphatic heterocycles. The predicted octanol–water partition coefficient (Wildman–Crippen LogP) is 19.0. The van der Waals surface area contributed by atoms with Gasteiger partial charge in [-0.15, -0.1) is 0 Å². The van der Waals surface area contributed by atoms with Crippen LogP contribution in [0.5, 0.6) is 0 Å². The Morgan fingerprint density at radius 2 is 0.639 bits per heavy atom. The minimum absolute atomic E-state index is 0.469. The maximum absolute atomic E-state index is 2.45. The number of anilines is 3. The summed E-state index contributed by atoms with van der Waals surface area (Å²) in [5.41, 5.74) is 22.4. The second-order valence-electron chi connectivity index (χ2n) is 18.8. The third kappa shape index (κ3) is 7.34. The van der Waals surface area contributed by atoms with Gasteiger partial charge in [-0.05, 0) is 131 Å². The maximum Gasteiger partial charge on any atom is 0.0713 e. The Kier molecular flexibility index (Phi) is 10.8. The number of para-hydroxylation sites is 1. The van der Waals surface area contributed by atoms with Gasteiger partial charge in [-0.3, -0.25) is 0 Å². The van der Waals surface area contributed by atoms with Gasteiger partial charge in [0, 0.05) is 16.9 Å². The zero-order valence-corrected chi connectivity index (χ0v) is 39.7. The van der Waals surface area contributed by atoms with E-state index in [0.717, 1.165) is 28.2 Å². The molecule has 12 aromatic rings. The van der Waals surface area contributed by atoms with Crippen LogP contribution in [0, 0.1) is 0 Å². The number of nitrogens with zero attached hydrogens (tertiary/aromatic N) is 1. The highest BCUT2D eigenvalue weighted by Gasteiger charge is 2.46. The molecule has 1 nitrogen and oxygen atoms in total. The number of rotatable bonds is 10. The van der Waals surface area contributed by atoms with E-state index in [2.05, 4.69) is 302 Å². The zero-order chi connectivity index (χ0) is 47.8. The van der Waals surface area contributed by atoms with Crippen LogP contribution in [0.15, 0.2) is 297 Å². The lowest BCUT2D eigenvalue weighted by atomic mass is 9.67. The summed E-state index contributed by atoms with van der Waals surface area (Å²) < 4.78 is 0. The van der Waals surface area contributed by atoms with Crippen molar-refractivity contribution in [3.8, 4) is 66.8 Å². The molecule has 12 aromatic carbocycles. The van der Waals surface area contributed by atoms with E-state index in [4.69, 9.17) is 0 Å². The van der Waals surface area contributed by atoms with E-state index in [9.17, 15) is 0 Å². The van der Waals surface area contributed by atoms with E-state index in [1.54, 1.807) is 0 Å². The van der Waals surface area contributed by atoms with Gasteiger partial charge in [-0.1, -0.05) is 261 Å². The van der Waals surface area contributed by atoms with Crippen molar-refractivity contribution in [1.29, 1.82) is 0 Å². The van der Waals surface area contributed by atoms with Gasteiger partial charge in [0.2, 0.25) is 0 Å². The Morgan fingerprint density at radius 3 is 1.22 bits per heavy atom. The first-order valence-corrected chi connectivity index (χ1v) is 24.9. The molecule has 0 amide bonds. The summed E-state index contributed by atoms with van der Waals surface area (Å²) in [6, 6.07) is 109. The summed E-state index contributed by atoms with van der Waals surface area (Å²) in [4.78, 5) is 2.43. The molecule has 0 saturated carbocycles. The molecule has 338 valence electrons. The van der Waals surface area contributed by atoms with E-state index in [-0.39, 0.29) is 0 Å². The number of fused-ring (bicyclic) bond motifs is 4. The number of hydrogen-bond donors (Lipinski definition) is 0. The summed E-state index contributed by atoms with van der Waals surface area (Å²) in [5.74, 6) is 0. The average molecular weight is 916 g/mol. The van der Waals surface area contributed by atoms with Crippen LogP contribution in [0.1, 0.15) is 22.3 Å². The molecule has 0 fully saturated rings. The molecule has 0 bridgehead atoms. The third-order valence-electron chi connectivity index (χ3n) is 14.8. The van der Waals surface area contributed by atoms with Gasteiger partial charge in [0.15, 0.2) is 0 Å². The molecule has 1 aliphatic carbocycles. The van der Waals surface area contributed by atoms with Crippen LogP contribution in [0.4, 0.5) is 17.1 Å². The lowest BCUT2D eigenvalue weighted by molar-refractivity contribution is 0.769. The largest absolute Gasteiger partial charge is 0.310 e. The van der Waals surface area contributed by atoms with Crippen molar-refractivity contribution in [3.63, 3.8) is 0 Å². The van der Waals surface area contributed by atoms with Crippen LogP contribution >= 0.6 is 0 Å². The summed E-state index contributed by atoms with van der Waals surface area (Å²) in [5, 5.41) is 2.45. The van der Waals surface area contributed by atoms with Crippen LogP contribution in [0.2, 0.25) is 0 Å². The van der Waals surface area contributed by atoms with Crippen molar-refractivity contribution in [2.75, 3.05) is 4.90 Å². The molecule has 1 heteroatoms. The minimum Gasteiger partial charge on any atom is -0.310 e. The van der Waals surface area contributed by atoms with Gasteiger partial charge < -0.3 is 4.90 Å². The lowest BCUT2D eigenvalue weighted by Crippen LogP contribution is -2.28. The SMILES string of the molecule is c1ccc(-c2ccc(-c3ccc(N(c4ccc(-c5ccc6c(c5)C(c5ccccc5)(c5ccccc5)c5ccccc5-6)cc4)c4ccccc4-c4cccc5cccc(-c6ccccc6)c45)cc3)cc2)cc1. The molecular formula is C71H49N. The summed E-state index contributed by atoms with van der Waals surface area (Å²) in [6.45, 7) is 0. The van der Waals surface area contributed by atoms with Crippen molar-refractivity contribution in [2.45, 2.75) is 5.41 Å². The van der Waals surface area contributed by atoms with Crippen molar-refractivity contribution in [2.24, 2.45) is 0 Å². The second kappa shape index (κ2) is 18.2. The Bertz CT molecular complexity index is 3820. The van der Waals surface area contributed by atoms with E-state index in [0.29, 0.717) is 0 Å². The van der Waals surface area contributed by atoms with E-state index >= 15 is 0 Å². The highest BCUT2D eigenvalue weighted by Crippen LogP contribution is 2.57. The van der Waals surface area contributed by atoms with Crippen LogP contribution in [-0.2, 0) is 5.41 Å². The summed E-state index contributed by atoms with van der Waals surface area (Å²) in [6.07, 6.45) is 0. The van der Waals surface area contributed by atoms with E-state index in [1.807, 2.05) is 0 Å². The molecule has 0 unspecified atom stereocenters. The molecular weight excluding hydrogens is 867 g/mol. The van der Waals surface area contributed by atoms with Crippen molar-refractivity contribution < 1.29 is 0 Å². The van der Waals surface area contributed by atoms with Crippen LogP contribution < -0.4 is 4.90 Å². The van der Waals surface area contributed by atoms with Crippen molar-refractivity contribution >= 4 is 27.8 Å². The summed E-state index contributed by atoms with van der Waals surface area (Å²) >= 11 is 0. The van der Waals surface area contributed by atoms with Gasteiger partial charge in [0.25, 0.3) is 0 Å². The summed E-state index contributed by atoms with van der Waals surface area (Å²) in [7, 11) is 0. The monoisotopic (exact) mass is 915 g/mol. The lowest BCUT2D eigenvalue weighted by Gasteiger charge is -2.34. The van der Waals surface area contributed by atoms with Crippen LogP contribution in [0.25, 0.3) is 77.5 Å². The van der Waals surface area contributed by atoms with Gasteiger partial charge >= 0.3 is 0 Å². The first-order valence-electron chi connectivity index (χ1n) is 24.9. The molecule has 0 atom stereocenters. The first-order chi connectivity index (χ1) is 35.7. The number of hydrogen-bond acceptors (Lipinski definition) is 1. The van der Waals surface area contributed by atoms with Gasteiger partial charge in [0.05, 0.1) is 11.1 Å². The first kappa shape index (κ1) is 42.8. The molecule has 0 saturated heterocycles. The minimum atomic E-state index is -0.469. The van der Waals surface area contributed by atoms with Gasteiger partial charge in [-0.25, -0.2) is 0 Å². The molecule has 1 aliphatic rings. The Hall–Kier alpha value is -9.30. The fraction of sp³-hybridized carbons (Fsp3) is 0.0141. The van der Waals surface area contributed by atoms with Crippen LogP contribution in [-0.4, -0.2) is 0 Å². The maximum atomic E-state index is 2.45. The second-order valence-corrected chi connectivity index (χ2v) is 18.8. The fourth-order valence-electron chi connectivity index (χ4n) is 11.5. The van der Waals surface area contributed by atoms with E-state index in [1.165, 1.54) is 88.7 Å². The molecule has 13 rings (SSSR count). The molecule has 72 heavy (non-hydrogen) atoms. The molecule has 0 radical (unpaired) electrons. The van der Waals surface area contributed by atoms with Crippen molar-refractivity contribution in [1.82, 2.24) is 0 Å². The van der Waals surface area contributed by atoms with Gasteiger partial charge in [0.1, 0.15) is 0 Å². The zero-order valence-electron chi connectivity index (χ0n) is 39.7.